The molecule has 376 valence electrons. The van der Waals surface area contributed by atoms with Gasteiger partial charge in [-0.25, -0.2) is 4.79 Å². The number of rotatable bonds is 52. The molecule has 0 fully saturated rings. The van der Waals surface area contributed by atoms with Gasteiger partial charge in [-0.2, -0.15) is 0 Å². The van der Waals surface area contributed by atoms with Crippen LogP contribution in [-0.4, -0.2) is 32.4 Å². The van der Waals surface area contributed by atoms with Crippen LogP contribution in [0.4, 0.5) is 0 Å². The Labute approximate surface area is 399 Å². The number of carbonyl (C=O) groups excluding carboxylic acids is 1. The summed E-state index contributed by atoms with van der Waals surface area (Å²) in [6, 6.07) is 3.76. The van der Waals surface area contributed by atoms with Gasteiger partial charge in [0.25, 0.3) is 0 Å². The zero-order valence-electron chi connectivity index (χ0n) is 43.6. The van der Waals surface area contributed by atoms with Crippen molar-refractivity contribution in [1.82, 2.24) is 0 Å². The molecule has 0 unspecified atom stereocenters. The molecule has 5 nitrogen and oxygen atoms in total. The van der Waals surface area contributed by atoms with E-state index in [1.165, 1.54) is 238 Å². The van der Waals surface area contributed by atoms with Crippen molar-refractivity contribution in [3.63, 3.8) is 0 Å². The van der Waals surface area contributed by atoms with Gasteiger partial charge < -0.3 is 18.9 Å². The molecule has 5 heteroatoms. The lowest BCUT2D eigenvalue weighted by Gasteiger charge is -2.20. The summed E-state index contributed by atoms with van der Waals surface area (Å²) < 4.78 is 25.3. The molecule has 0 aliphatic carbocycles. The maximum atomic E-state index is 13.5. The average Bonchev–Trinajstić information content (AvgIpc) is 3.30. The van der Waals surface area contributed by atoms with Gasteiger partial charge in [0.1, 0.15) is 5.56 Å². The molecule has 0 spiro atoms. The summed E-state index contributed by atoms with van der Waals surface area (Å²) in [5, 5.41) is 0. The van der Waals surface area contributed by atoms with Crippen LogP contribution in [0.5, 0.6) is 17.2 Å². The Bertz CT molecular complexity index is 1100. The van der Waals surface area contributed by atoms with Crippen molar-refractivity contribution < 1.29 is 23.7 Å². The quantitative estimate of drug-likeness (QED) is 0.0482. The zero-order valence-corrected chi connectivity index (χ0v) is 43.6. The molecule has 0 aromatic heterocycles. The molecule has 64 heavy (non-hydrogen) atoms. The minimum atomic E-state index is -0.329. The SMILES string of the molecule is CCCCCCCCCCCCCCCCOc1ccc(C(=O)OCCCC)c(OCCCCCCCCCCCCCCCC)c1OCCCCCCCCCCCCCCCC. The van der Waals surface area contributed by atoms with Gasteiger partial charge in [0.15, 0.2) is 11.5 Å². The number of hydrogen-bond donors (Lipinski definition) is 0. The summed E-state index contributed by atoms with van der Waals surface area (Å²) in [5.41, 5.74) is 0.460. The van der Waals surface area contributed by atoms with Crippen LogP contribution in [0.3, 0.4) is 0 Å². The van der Waals surface area contributed by atoms with E-state index < -0.39 is 0 Å². The summed E-state index contributed by atoms with van der Waals surface area (Å²) >= 11 is 0. The van der Waals surface area contributed by atoms with Crippen molar-refractivity contribution in [2.75, 3.05) is 26.4 Å². The number of esters is 1. The van der Waals surface area contributed by atoms with Crippen LogP contribution in [-0.2, 0) is 4.74 Å². The maximum absolute atomic E-state index is 13.5. The fourth-order valence-electron chi connectivity index (χ4n) is 8.91. The molecule has 0 saturated carbocycles. The monoisotopic (exact) mass is 899 g/mol. The number of unbranched alkanes of at least 4 members (excludes halogenated alkanes) is 40. The van der Waals surface area contributed by atoms with E-state index in [2.05, 4.69) is 27.7 Å². The molecule has 1 aromatic rings. The van der Waals surface area contributed by atoms with Crippen LogP contribution in [0.15, 0.2) is 12.1 Å². The van der Waals surface area contributed by atoms with Crippen molar-refractivity contribution in [3.05, 3.63) is 17.7 Å². The molecule has 0 atom stereocenters. The summed E-state index contributed by atoms with van der Waals surface area (Å²) in [6.07, 6.45) is 57.6. The highest BCUT2D eigenvalue weighted by atomic mass is 16.6. The Hall–Kier alpha value is -1.91. The molecule has 0 aliphatic rings. The number of carbonyl (C=O) groups is 1. The highest BCUT2D eigenvalue weighted by Gasteiger charge is 2.23. The second-order valence-corrected chi connectivity index (χ2v) is 19.6. The Balaban J connectivity index is 2.69. The van der Waals surface area contributed by atoms with Crippen LogP contribution in [0.1, 0.15) is 321 Å². The minimum Gasteiger partial charge on any atom is -0.490 e. The van der Waals surface area contributed by atoms with E-state index in [1.807, 2.05) is 12.1 Å². The van der Waals surface area contributed by atoms with Gasteiger partial charge in [0.05, 0.1) is 26.4 Å². The van der Waals surface area contributed by atoms with E-state index in [0.29, 0.717) is 49.2 Å². The Kier molecular flexibility index (Phi) is 46.0. The summed E-state index contributed by atoms with van der Waals surface area (Å²) in [4.78, 5) is 13.5. The molecule has 0 aliphatic heterocycles. The topological polar surface area (TPSA) is 54.0 Å². The van der Waals surface area contributed by atoms with E-state index in [9.17, 15) is 4.79 Å². The molecule has 0 radical (unpaired) electrons. The van der Waals surface area contributed by atoms with Crippen LogP contribution in [0, 0.1) is 0 Å². The van der Waals surface area contributed by atoms with Gasteiger partial charge in [-0.1, -0.05) is 285 Å². The van der Waals surface area contributed by atoms with Crippen LogP contribution >= 0.6 is 0 Å². The fraction of sp³-hybridized carbons (Fsp3) is 0.881. The molecule has 1 aromatic carbocycles. The maximum Gasteiger partial charge on any atom is 0.342 e. The first-order valence-corrected chi connectivity index (χ1v) is 28.9. The standard InChI is InChI=1S/C59H110O5/c1-5-9-13-16-19-22-25-28-31-34-37-40-43-46-52-61-56-50-49-55(59(60)64-51-12-8-4)57(62-53-47-44-41-38-35-32-29-26-23-20-17-14-10-6-2)58(56)63-54-48-45-42-39-36-33-30-27-24-21-18-15-11-7-3/h49-50H,5-48,51-54H2,1-4H3. The van der Waals surface area contributed by atoms with Gasteiger partial charge in [-0.15, -0.1) is 0 Å². The van der Waals surface area contributed by atoms with Gasteiger partial charge >= 0.3 is 5.97 Å². The number of hydrogen-bond acceptors (Lipinski definition) is 5. The summed E-state index contributed by atoms with van der Waals surface area (Å²) in [5.74, 6) is 1.47. The van der Waals surface area contributed by atoms with E-state index >= 15 is 0 Å². The van der Waals surface area contributed by atoms with Crippen LogP contribution in [0.25, 0.3) is 0 Å². The third kappa shape index (κ3) is 37.2. The molecular weight excluding hydrogens is 789 g/mol. The molecule has 0 saturated heterocycles. The second kappa shape index (κ2) is 49.0. The average molecular weight is 900 g/mol. The van der Waals surface area contributed by atoms with Gasteiger partial charge in [0, 0.05) is 0 Å². The second-order valence-electron chi connectivity index (χ2n) is 19.6. The van der Waals surface area contributed by atoms with Crippen molar-refractivity contribution >= 4 is 5.97 Å². The number of benzene rings is 1. The van der Waals surface area contributed by atoms with Gasteiger partial charge in [-0.3, -0.25) is 0 Å². The molecule has 0 heterocycles. The van der Waals surface area contributed by atoms with Crippen molar-refractivity contribution in [1.29, 1.82) is 0 Å². The Morgan fingerprint density at radius 1 is 0.297 bits per heavy atom. The third-order valence-corrected chi connectivity index (χ3v) is 13.3. The van der Waals surface area contributed by atoms with E-state index in [1.54, 1.807) is 0 Å². The summed E-state index contributed by atoms with van der Waals surface area (Å²) in [6.45, 7) is 11.2. The van der Waals surface area contributed by atoms with Crippen LogP contribution < -0.4 is 14.2 Å². The predicted octanol–water partition coefficient (Wildman–Crippen LogP) is 20.2. The third-order valence-electron chi connectivity index (χ3n) is 13.3. The molecule has 0 N–H and O–H groups in total. The van der Waals surface area contributed by atoms with E-state index in [4.69, 9.17) is 18.9 Å². The Morgan fingerprint density at radius 2 is 0.562 bits per heavy atom. The normalized spacial score (nSPS) is 11.4. The van der Waals surface area contributed by atoms with Crippen LogP contribution in [0.2, 0.25) is 0 Å². The first kappa shape index (κ1) is 60.1. The fourth-order valence-corrected chi connectivity index (χ4v) is 8.91. The molecule has 1 rings (SSSR count). The lowest BCUT2D eigenvalue weighted by molar-refractivity contribution is 0.0493. The first-order valence-electron chi connectivity index (χ1n) is 28.9. The van der Waals surface area contributed by atoms with E-state index in [-0.39, 0.29) is 5.97 Å². The van der Waals surface area contributed by atoms with Crippen molar-refractivity contribution in [3.8, 4) is 17.2 Å². The first-order chi connectivity index (χ1) is 31.7. The zero-order chi connectivity index (χ0) is 46.1. The summed E-state index contributed by atoms with van der Waals surface area (Å²) in [7, 11) is 0. The smallest absolute Gasteiger partial charge is 0.342 e. The molecule has 0 amide bonds. The highest BCUT2D eigenvalue weighted by Crippen LogP contribution is 2.41. The largest absolute Gasteiger partial charge is 0.490 e. The Morgan fingerprint density at radius 3 is 0.875 bits per heavy atom. The van der Waals surface area contributed by atoms with Gasteiger partial charge in [-0.05, 0) is 37.8 Å². The van der Waals surface area contributed by atoms with Crippen molar-refractivity contribution in [2.24, 2.45) is 0 Å². The predicted molar refractivity (Wildman–Crippen MR) is 279 cm³/mol. The molecular formula is C59H110O5. The lowest BCUT2D eigenvalue weighted by atomic mass is 10.0. The minimum absolute atomic E-state index is 0.329. The van der Waals surface area contributed by atoms with Gasteiger partial charge in [0.2, 0.25) is 5.75 Å². The van der Waals surface area contributed by atoms with Crippen molar-refractivity contribution in [2.45, 2.75) is 310 Å². The molecule has 0 bridgehead atoms. The number of ether oxygens (including phenoxy) is 4. The highest BCUT2D eigenvalue weighted by molar-refractivity contribution is 5.94. The lowest BCUT2D eigenvalue weighted by Crippen LogP contribution is -2.12. The van der Waals surface area contributed by atoms with E-state index in [0.717, 1.165) is 44.9 Å².